The normalized spacial score (nSPS) is 22.3. The average molecular weight is 359 g/mol. The van der Waals surface area contributed by atoms with E-state index in [1.54, 1.807) is 0 Å². The Morgan fingerprint density at radius 2 is 2.00 bits per heavy atom. The van der Waals surface area contributed by atoms with E-state index in [9.17, 15) is 9.59 Å². The Balaban J connectivity index is 1.94. The second-order valence-corrected chi connectivity index (χ2v) is 6.68. The molecule has 1 aliphatic rings. The summed E-state index contributed by atoms with van der Waals surface area (Å²) in [6.45, 7) is 3.65. The molecule has 1 heterocycles. The van der Waals surface area contributed by atoms with Gasteiger partial charge in [-0.05, 0) is 37.8 Å². The average Bonchev–Trinajstić information content (AvgIpc) is 2.51. The van der Waals surface area contributed by atoms with Crippen LogP contribution in [0.1, 0.15) is 50.0 Å². The van der Waals surface area contributed by atoms with Crippen LogP contribution in [-0.2, 0) is 9.53 Å². The van der Waals surface area contributed by atoms with Crippen molar-refractivity contribution in [2.45, 2.75) is 51.7 Å². The molecule has 1 amide bonds. The fourth-order valence-corrected chi connectivity index (χ4v) is 2.99. The van der Waals surface area contributed by atoms with E-state index >= 15 is 0 Å². The second-order valence-electron chi connectivity index (χ2n) is 5.89. The smallest absolute Gasteiger partial charge is 0.359 e. The third-order valence-electron chi connectivity index (χ3n) is 4.10. The Morgan fingerprint density at radius 3 is 2.70 bits per heavy atom. The first-order chi connectivity index (χ1) is 10.9. The van der Waals surface area contributed by atoms with Gasteiger partial charge in [-0.25, -0.2) is 9.78 Å². The molecule has 1 aromatic rings. The molecule has 1 aliphatic carbocycles. The molecule has 1 aromatic heterocycles. The third-order valence-corrected chi connectivity index (χ3v) is 4.61. The SMILES string of the molecule is C[C@@H]1CCCC[C@@H]1NC(=O)[C@@H](C)OC(=O)c1nc(Cl)ccc1Cl. The molecule has 23 heavy (non-hydrogen) atoms. The van der Waals surface area contributed by atoms with Gasteiger partial charge in [0.25, 0.3) is 5.91 Å². The maximum atomic E-state index is 12.2. The monoisotopic (exact) mass is 358 g/mol. The van der Waals surface area contributed by atoms with Crippen LogP contribution in [-0.4, -0.2) is 29.0 Å². The second kappa shape index (κ2) is 7.97. The number of hydrogen-bond donors (Lipinski definition) is 1. The number of rotatable bonds is 4. The van der Waals surface area contributed by atoms with Crippen LogP contribution in [0.2, 0.25) is 10.2 Å². The minimum atomic E-state index is -0.923. The Hall–Kier alpha value is -1.33. The summed E-state index contributed by atoms with van der Waals surface area (Å²) in [6.07, 6.45) is 3.42. The van der Waals surface area contributed by atoms with Crippen LogP contribution >= 0.6 is 23.2 Å². The Kier molecular flexibility index (Phi) is 6.25. The summed E-state index contributed by atoms with van der Waals surface area (Å²) < 4.78 is 5.15. The van der Waals surface area contributed by atoms with E-state index in [4.69, 9.17) is 27.9 Å². The number of carbonyl (C=O) groups is 2. The lowest BCUT2D eigenvalue weighted by Gasteiger charge is -2.30. The van der Waals surface area contributed by atoms with Gasteiger partial charge in [0.15, 0.2) is 11.8 Å². The molecular formula is C16H20Cl2N2O3. The number of nitrogens with one attached hydrogen (secondary N) is 1. The molecule has 0 unspecified atom stereocenters. The van der Waals surface area contributed by atoms with E-state index in [1.165, 1.54) is 25.5 Å². The van der Waals surface area contributed by atoms with Crippen molar-refractivity contribution in [2.75, 3.05) is 0 Å². The minimum absolute atomic E-state index is 0.0927. The van der Waals surface area contributed by atoms with Gasteiger partial charge in [0.2, 0.25) is 0 Å². The zero-order valence-electron chi connectivity index (χ0n) is 13.1. The predicted octanol–water partition coefficient (Wildman–Crippen LogP) is 3.63. The maximum Gasteiger partial charge on any atom is 0.359 e. The molecule has 3 atom stereocenters. The van der Waals surface area contributed by atoms with Gasteiger partial charge in [0.05, 0.1) is 5.02 Å². The molecule has 1 N–H and O–H groups in total. The predicted molar refractivity (Wildman–Crippen MR) is 88.7 cm³/mol. The number of carbonyl (C=O) groups excluding carboxylic acids is 2. The van der Waals surface area contributed by atoms with Gasteiger partial charge < -0.3 is 10.1 Å². The van der Waals surface area contributed by atoms with Crippen LogP contribution in [0.5, 0.6) is 0 Å². The number of esters is 1. The first-order valence-electron chi connectivity index (χ1n) is 7.72. The highest BCUT2D eigenvalue weighted by Crippen LogP contribution is 2.24. The summed E-state index contributed by atoms with van der Waals surface area (Å²) in [5.41, 5.74) is -0.0927. The van der Waals surface area contributed by atoms with Crippen molar-refractivity contribution >= 4 is 35.1 Å². The van der Waals surface area contributed by atoms with Crippen molar-refractivity contribution in [3.05, 3.63) is 28.0 Å². The molecule has 0 radical (unpaired) electrons. The summed E-state index contributed by atoms with van der Waals surface area (Å²) in [5.74, 6) is -0.647. The Labute approximate surface area is 145 Å². The molecule has 2 rings (SSSR count). The summed E-state index contributed by atoms with van der Waals surface area (Å²) in [5, 5.41) is 3.22. The molecule has 0 saturated heterocycles. The topological polar surface area (TPSA) is 68.3 Å². The summed E-state index contributed by atoms with van der Waals surface area (Å²) in [4.78, 5) is 28.1. The number of aromatic nitrogens is 1. The lowest BCUT2D eigenvalue weighted by Crippen LogP contribution is -2.46. The lowest BCUT2D eigenvalue weighted by atomic mass is 9.86. The van der Waals surface area contributed by atoms with Gasteiger partial charge in [-0.1, -0.05) is 43.0 Å². The lowest BCUT2D eigenvalue weighted by molar-refractivity contribution is -0.130. The van der Waals surface area contributed by atoms with Crippen LogP contribution in [0.4, 0.5) is 0 Å². The molecule has 0 aliphatic heterocycles. The summed E-state index contributed by atoms with van der Waals surface area (Å²) >= 11 is 11.7. The number of halogens is 2. The summed E-state index contributed by atoms with van der Waals surface area (Å²) in [7, 11) is 0. The fraction of sp³-hybridized carbons (Fsp3) is 0.562. The van der Waals surface area contributed by atoms with E-state index < -0.39 is 12.1 Å². The van der Waals surface area contributed by atoms with Crippen molar-refractivity contribution in [2.24, 2.45) is 5.92 Å². The number of nitrogens with zero attached hydrogens (tertiary/aromatic N) is 1. The number of amides is 1. The van der Waals surface area contributed by atoms with Crippen molar-refractivity contribution < 1.29 is 14.3 Å². The molecule has 0 aromatic carbocycles. The number of ether oxygens (including phenoxy) is 1. The molecule has 126 valence electrons. The van der Waals surface area contributed by atoms with E-state index in [-0.39, 0.29) is 27.8 Å². The molecule has 1 fully saturated rings. The quantitative estimate of drug-likeness (QED) is 0.659. The highest BCUT2D eigenvalue weighted by atomic mass is 35.5. The van der Waals surface area contributed by atoms with Gasteiger partial charge in [-0.3, -0.25) is 4.79 Å². The van der Waals surface area contributed by atoms with Gasteiger partial charge >= 0.3 is 5.97 Å². The van der Waals surface area contributed by atoms with E-state index in [1.807, 2.05) is 0 Å². The summed E-state index contributed by atoms with van der Waals surface area (Å²) in [6, 6.07) is 3.06. The fourth-order valence-electron chi connectivity index (χ4n) is 2.66. The highest BCUT2D eigenvalue weighted by Gasteiger charge is 2.27. The zero-order valence-corrected chi connectivity index (χ0v) is 14.7. The Bertz CT molecular complexity index is 595. The number of hydrogen-bond acceptors (Lipinski definition) is 4. The van der Waals surface area contributed by atoms with Gasteiger partial charge in [-0.15, -0.1) is 0 Å². The van der Waals surface area contributed by atoms with Crippen molar-refractivity contribution in [3.63, 3.8) is 0 Å². The van der Waals surface area contributed by atoms with E-state index in [2.05, 4.69) is 17.2 Å². The molecule has 0 spiro atoms. The van der Waals surface area contributed by atoms with Crippen molar-refractivity contribution in [3.8, 4) is 0 Å². The molecule has 7 heteroatoms. The van der Waals surface area contributed by atoms with E-state index in [0.29, 0.717) is 5.92 Å². The van der Waals surface area contributed by atoms with Crippen LogP contribution in [0.15, 0.2) is 12.1 Å². The van der Waals surface area contributed by atoms with Crippen LogP contribution in [0.25, 0.3) is 0 Å². The van der Waals surface area contributed by atoms with E-state index in [0.717, 1.165) is 19.3 Å². The Morgan fingerprint density at radius 1 is 1.30 bits per heavy atom. The van der Waals surface area contributed by atoms with Gasteiger partial charge in [0.1, 0.15) is 5.15 Å². The highest BCUT2D eigenvalue weighted by molar-refractivity contribution is 6.34. The largest absolute Gasteiger partial charge is 0.448 e. The van der Waals surface area contributed by atoms with Crippen molar-refractivity contribution in [1.82, 2.24) is 10.3 Å². The first kappa shape index (κ1) is 18.0. The van der Waals surface area contributed by atoms with Crippen LogP contribution in [0.3, 0.4) is 0 Å². The standard InChI is InChI=1S/C16H20Cl2N2O3/c1-9-5-3-4-6-12(9)19-15(21)10(2)23-16(22)14-11(17)7-8-13(18)20-14/h7-10,12H,3-6H2,1-2H3,(H,19,21)/t9-,10-,12+/m1/s1. The minimum Gasteiger partial charge on any atom is -0.448 e. The van der Waals surface area contributed by atoms with Gasteiger partial charge in [-0.2, -0.15) is 0 Å². The van der Waals surface area contributed by atoms with Crippen LogP contribution < -0.4 is 5.32 Å². The first-order valence-corrected chi connectivity index (χ1v) is 8.47. The van der Waals surface area contributed by atoms with Crippen molar-refractivity contribution in [1.29, 1.82) is 0 Å². The molecule has 5 nitrogen and oxygen atoms in total. The molecular weight excluding hydrogens is 339 g/mol. The third kappa shape index (κ3) is 4.82. The molecule has 0 bridgehead atoms. The van der Waals surface area contributed by atoms with Crippen LogP contribution in [0, 0.1) is 5.92 Å². The van der Waals surface area contributed by atoms with Gasteiger partial charge in [0, 0.05) is 6.04 Å². The molecule has 1 saturated carbocycles. The zero-order chi connectivity index (χ0) is 17.0. The number of pyridine rings is 1. The maximum absolute atomic E-state index is 12.2.